The Labute approximate surface area is 395 Å². The quantitative estimate of drug-likeness (QED) is 0.0832. The van der Waals surface area contributed by atoms with E-state index in [4.69, 9.17) is 34.7 Å². The molecule has 4 aromatic carbocycles. The first kappa shape index (κ1) is 47.0. The molecule has 2 fully saturated rings. The maximum atomic E-state index is 15.7. The maximum Gasteiger partial charge on any atom is 0.269 e. The third kappa shape index (κ3) is 9.95. The van der Waals surface area contributed by atoms with Gasteiger partial charge in [0.15, 0.2) is 11.4 Å². The van der Waals surface area contributed by atoms with E-state index in [1.54, 1.807) is 24.3 Å². The minimum Gasteiger partial charge on any atom is -0.392 e. The number of hydrogen-bond acceptors (Lipinski definition) is 10. The number of fused-ring (bicyclic) bond motifs is 2. The molecule has 2 heterocycles. The van der Waals surface area contributed by atoms with E-state index >= 15 is 4.39 Å². The predicted molar refractivity (Wildman–Crippen MR) is 242 cm³/mol. The van der Waals surface area contributed by atoms with Gasteiger partial charge in [0, 0.05) is 47.1 Å². The second kappa shape index (κ2) is 19.4. The zero-order chi connectivity index (χ0) is 48.6. The summed E-state index contributed by atoms with van der Waals surface area (Å²) in [5.41, 5.74) is 12.5. The first-order valence-electron chi connectivity index (χ1n) is 21.2. The van der Waals surface area contributed by atoms with Gasteiger partial charge in [0.25, 0.3) is 11.8 Å². The lowest BCUT2D eigenvalue weighted by atomic mass is 9.95. The Morgan fingerprint density at radius 1 is 0.750 bits per heavy atom. The number of aromatic nitrogens is 4. The summed E-state index contributed by atoms with van der Waals surface area (Å²) in [4.78, 5) is 81.9. The van der Waals surface area contributed by atoms with E-state index in [0.29, 0.717) is 42.1 Å². The molecule has 0 spiro atoms. The van der Waals surface area contributed by atoms with Crippen LogP contribution in [-0.2, 0) is 52.0 Å². The van der Waals surface area contributed by atoms with E-state index in [2.05, 4.69) is 20.8 Å². The van der Waals surface area contributed by atoms with Gasteiger partial charge in [0.05, 0.1) is 52.4 Å². The summed E-state index contributed by atoms with van der Waals surface area (Å²) in [7, 11) is 0. The third-order valence-corrected chi connectivity index (χ3v) is 12.2. The summed E-state index contributed by atoms with van der Waals surface area (Å²) < 4.78 is 32.7. The van der Waals surface area contributed by atoms with Gasteiger partial charge in [-0.25, -0.2) is 8.78 Å². The number of rotatable bonds is 18. The molecule has 0 radical (unpaired) electrons. The number of aliphatic hydroxyl groups is 1. The number of aliphatic hydroxyl groups excluding tert-OH is 1. The van der Waals surface area contributed by atoms with Crippen molar-refractivity contribution in [2.75, 3.05) is 13.1 Å². The van der Waals surface area contributed by atoms with Gasteiger partial charge in [0.2, 0.25) is 23.6 Å². The monoisotopic (exact) mass is 967 g/mol. The van der Waals surface area contributed by atoms with Crippen LogP contribution in [0.15, 0.2) is 60.7 Å². The topological polar surface area (TPSA) is 265 Å². The highest BCUT2D eigenvalue weighted by molar-refractivity contribution is 6.31. The molecular weight excluding hydrogens is 927 g/mol. The molecule has 2 aliphatic carbocycles. The number of amides is 6. The normalized spacial score (nSPS) is 13.3. The van der Waals surface area contributed by atoms with Crippen molar-refractivity contribution in [3.05, 3.63) is 116 Å². The summed E-state index contributed by atoms with van der Waals surface area (Å²) in [6, 6.07) is 16.1. The second-order valence-corrected chi connectivity index (χ2v) is 17.3. The lowest BCUT2D eigenvalue weighted by molar-refractivity contribution is -0.137. The summed E-state index contributed by atoms with van der Waals surface area (Å²) >= 11 is 12.3. The van der Waals surface area contributed by atoms with E-state index in [9.17, 15) is 43.5 Å². The molecule has 22 heteroatoms. The van der Waals surface area contributed by atoms with Crippen LogP contribution in [0, 0.1) is 23.0 Å². The number of nitrogens with zero attached hydrogens (tertiary/aromatic N) is 7. The van der Waals surface area contributed by atoms with Crippen LogP contribution >= 0.6 is 23.2 Å². The zero-order valence-corrected chi connectivity index (χ0v) is 37.4. The fourth-order valence-electron chi connectivity index (χ4n) is 7.99. The van der Waals surface area contributed by atoms with Crippen LogP contribution < -0.4 is 22.1 Å². The molecule has 18 nitrogen and oxygen atoms in total. The van der Waals surface area contributed by atoms with Crippen molar-refractivity contribution < 1.29 is 42.7 Å². The highest BCUT2D eigenvalue weighted by Crippen LogP contribution is 2.37. The zero-order valence-electron chi connectivity index (χ0n) is 35.9. The third-order valence-electron chi connectivity index (χ3n) is 11.7. The van der Waals surface area contributed by atoms with Gasteiger partial charge < -0.3 is 37.0 Å². The van der Waals surface area contributed by atoms with Crippen LogP contribution in [0.3, 0.4) is 0 Å². The van der Waals surface area contributed by atoms with Crippen molar-refractivity contribution in [3.63, 3.8) is 0 Å². The van der Waals surface area contributed by atoms with Gasteiger partial charge >= 0.3 is 0 Å². The van der Waals surface area contributed by atoms with Crippen molar-refractivity contribution in [1.29, 1.82) is 5.26 Å². The highest BCUT2D eigenvalue weighted by Gasteiger charge is 2.36. The maximum absolute atomic E-state index is 15.7. The Kier molecular flexibility index (Phi) is 13.4. The molecule has 6 aromatic rings. The molecule has 8 rings (SSSR count). The number of carbonyl (C=O) groups excluding carboxylic acids is 6. The van der Waals surface area contributed by atoms with Crippen molar-refractivity contribution in [2.45, 2.75) is 70.6 Å². The van der Waals surface area contributed by atoms with Crippen molar-refractivity contribution in [2.24, 2.45) is 11.5 Å². The number of nitrogens with two attached hydrogens (primary N) is 2. The molecule has 0 bridgehead atoms. The largest absolute Gasteiger partial charge is 0.392 e. The number of nitrogens with one attached hydrogen (secondary N) is 2. The summed E-state index contributed by atoms with van der Waals surface area (Å²) in [6.45, 7) is -2.48. The van der Waals surface area contributed by atoms with E-state index in [1.165, 1.54) is 55.6 Å². The van der Waals surface area contributed by atoms with Gasteiger partial charge in [-0.15, -0.1) is 0 Å². The minimum atomic E-state index is -0.988. The Morgan fingerprint density at radius 2 is 1.32 bits per heavy atom. The average Bonchev–Trinajstić information content (AvgIpc) is 4.26. The molecule has 2 aromatic heterocycles. The molecule has 6 amide bonds. The Bertz CT molecular complexity index is 3130. The molecule has 350 valence electrons. The van der Waals surface area contributed by atoms with Crippen LogP contribution in [-0.4, -0.2) is 95.1 Å². The number of halogens is 4. The summed E-state index contributed by atoms with van der Waals surface area (Å²) in [6.07, 6.45) is 2.51. The van der Waals surface area contributed by atoms with Gasteiger partial charge in [-0.2, -0.15) is 15.5 Å². The van der Waals surface area contributed by atoms with Crippen molar-refractivity contribution in [3.8, 4) is 17.2 Å². The standard InChI is InChI=1S/C46H41Cl2F2N11O7/c47-32-3-1-2-25(41(32)49)16-54-36(63)18-59(29-7-8-29)39(66)21-61-35-12-24(15-51)10-31(40(35)44(57-61)46(53)68)26-13-27(42(50)33(48)14-26)17-55-37(64)19-58(28-5-6-28)38(65)20-60-34-11-23(22-62)4-9-30(34)43(56-60)45(52)67/h1-4,9-14,28-29,62H,5-8,16-22H2,(H2,52,67)(H2,53,68)(H,54,63)(H,55,64). The van der Waals surface area contributed by atoms with Crippen LogP contribution in [0.1, 0.15) is 68.9 Å². The van der Waals surface area contributed by atoms with E-state index in [0.717, 1.165) is 0 Å². The molecule has 2 saturated carbocycles. The fourth-order valence-corrected chi connectivity index (χ4v) is 8.42. The van der Waals surface area contributed by atoms with Crippen LogP contribution in [0.25, 0.3) is 32.9 Å². The Morgan fingerprint density at radius 3 is 1.90 bits per heavy atom. The Balaban J connectivity index is 1.01. The molecule has 7 N–H and O–H groups in total. The van der Waals surface area contributed by atoms with E-state index in [-0.39, 0.29) is 98.5 Å². The van der Waals surface area contributed by atoms with Gasteiger partial charge in [-0.3, -0.25) is 38.1 Å². The Hall–Kier alpha value is -7.47. The predicted octanol–water partition coefficient (Wildman–Crippen LogP) is 3.81. The van der Waals surface area contributed by atoms with Gasteiger partial charge in [-0.05, 0) is 78.8 Å². The first-order chi connectivity index (χ1) is 32.5. The van der Waals surface area contributed by atoms with E-state index in [1.807, 2.05) is 6.07 Å². The SMILES string of the molecule is N#Cc1cc(-c2cc(Cl)c(F)c(CNC(=O)CN(C(=O)Cn3nc(C(N)=O)c4ccc(CO)cc43)C3CC3)c2)c2c(C(N)=O)nn(CC(=O)N(CC(=O)NCc3cccc(Cl)c3F)C3CC3)c2c1. The fraction of sp³-hybridized carbons (Fsp3) is 0.283. The molecule has 2 aliphatic rings. The van der Waals surface area contributed by atoms with E-state index < -0.39 is 66.7 Å². The number of primary amides is 2. The van der Waals surface area contributed by atoms with Crippen molar-refractivity contribution in [1.82, 2.24) is 40.0 Å². The molecule has 0 saturated heterocycles. The number of nitriles is 1. The number of hydrogen-bond donors (Lipinski definition) is 5. The highest BCUT2D eigenvalue weighted by atomic mass is 35.5. The van der Waals surface area contributed by atoms with Crippen LogP contribution in [0.5, 0.6) is 0 Å². The van der Waals surface area contributed by atoms with Crippen LogP contribution in [0.2, 0.25) is 10.0 Å². The lowest BCUT2D eigenvalue weighted by Crippen LogP contribution is -2.43. The summed E-state index contributed by atoms with van der Waals surface area (Å²) in [5, 5.41) is 33.6. The molecule has 68 heavy (non-hydrogen) atoms. The average molecular weight is 969 g/mol. The van der Waals surface area contributed by atoms with Gasteiger partial charge in [0.1, 0.15) is 24.7 Å². The first-order valence-corrected chi connectivity index (χ1v) is 22.0. The minimum absolute atomic E-state index is 0.0618. The lowest BCUT2D eigenvalue weighted by Gasteiger charge is -2.22. The molecular formula is C46H41Cl2F2N11O7. The number of carbonyl (C=O) groups is 6. The summed E-state index contributed by atoms with van der Waals surface area (Å²) in [5.74, 6) is -5.59. The molecule has 0 unspecified atom stereocenters. The van der Waals surface area contributed by atoms with Crippen molar-refractivity contribution >= 4 is 80.5 Å². The van der Waals surface area contributed by atoms with Crippen LogP contribution in [0.4, 0.5) is 8.78 Å². The molecule has 0 atom stereocenters. The second-order valence-electron chi connectivity index (χ2n) is 16.5. The number of benzene rings is 4. The van der Waals surface area contributed by atoms with Gasteiger partial charge in [-0.1, -0.05) is 47.5 Å². The smallest absolute Gasteiger partial charge is 0.269 e. The molecule has 0 aliphatic heterocycles.